The largest absolute Gasteiger partial charge is 0.341 e. The maximum absolute atomic E-state index is 13.1. The van der Waals surface area contributed by atoms with Crippen LogP contribution in [-0.4, -0.2) is 29.1 Å². The summed E-state index contributed by atoms with van der Waals surface area (Å²) < 4.78 is 13.1. The Bertz CT molecular complexity index is 669. The fraction of sp³-hybridized carbons (Fsp3) is 0.385. The van der Waals surface area contributed by atoms with E-state index in [2.05, 4.69) is 9.97 Å². The molecule has 1 aromatic carbocycles. The van der Waals surface area contributed by atoms with Gasteiger partial charge in [-0.25, -0.2) is 9.37 Å². The lowest BCUT2D eigenvalue weighted by atomic mass is 10.1. The van der Waals surface area contributed by atoms with Gasteiger partial charge in [0, 0.05) is 19.1 Å². The predicted octanol–water partition coefficient (Wildman–Crippen LogP) is 0.990. The average molecular weight is 262 g/mol. The minimum atomic E-state index is -0.437. The third-order valence-electron chi connectivity index (χ3n) is 3.41. The van der Waals surface area contributed by atoms with Gasteiger partial charge in [0.2, 0.25) is 5.95 Å². The number of anilines is 1. The van der Waals surface area contributed by atoms with Crippen LogP contribution in [-0.2, 0) is 0 Å². The SMILES string of the molecule is NC1CCCN(c2nc3ccc(F)cc3c(=O)[nH]2)C1. The molecule has 1 aromatic heterocycles. The summed E-state index contributed by atoms with van der Waals surface area (Å²) in [5.41, 5.74) is 6.10. The summed E-state index contributed by atoms with van der Waals surface area (Å²) in [5, 5.41) is 0.269. The van der Waals surface area contributed by atoms with Gasteiger partial charge in [-0.1, -0.05) is 0 Å². The van der Waals surface area contributed by atoms with Gasteiger partial charge in [-0.05, 0) is 31.0 Å². The van der Waals surface area contributed by atoms with Gasteiger partial charge in [0.25, 0.3) is 5.56 Å². The summed E-state index contributed by atoms with van der Waals surface area (Å²) in [7, 11) is 0. The third-order valence-corrected chi connectivity index (χ3v) is 3.41. The molecule has 3 rings (SSSR count). The number of aromatic amines is 1. The summed E-state index contributed by atoms with van der Waals surface area (Å²) in [5.74, 6) is 0.0757. The maximum Gasteiger partial charge on any atom is 0.260 e. The van der Waals surface area contributed by atoms with E-state index >= 15 is 0 Å². The van der Waals surface area contributed by atoms with Crippen LogP contribution in [0.2, 0.25) is 0 Å². The molecule has 1 saturated heterocycles. The van der Waals surface area contributed by atoms with Crippen molar-refractivity contribution in [3.8, 4) is 0 Å². The molecule has 3 N–H and O–H groups in total. The number of nitrogens with zero attached hydrogens (tertiary/aromatic N) is 2. The number of hydrogen-bond acceptors (Lipinski definition) is 4. The van der Waals surface area contributed by atoms with E-state index in [4.69, 9.17) is 5.73 Å². The van der Waals surface area contributed by atoms with Crippen LogP contribution in [0.3, 0.4) is 0 Å². The Morgan fingerprint density at radius 2 is 2.32 bits per heavy atom. The molecular formula is C13H15FN4O. The number of H-pyrrole nitrogens is 1. The summed E-state index contributed by atoms with van der Waals surface area (Å²) in [6.45, 7) is 1.50. The van der Waals surface area contributed by atoms with E-state index in [0.29, 0.717) is 18.0 Å². The number of nitrogens with two attached hydrogens (primary N) is 1. The monoisotopic (exact) mass is 262 g/mol. The number of benzene rings is 1. The highest BCUT2D eigenvalue weighted by molar-refractivity contribution is 5.78. The Morgan fingerprint density at radius 3 is 3.11 bits per heavy atom. The van der Waals surface area contributed by atoms with Crippen molar-refractivity contribution in [2.45, 2.75) is 18.9 Å². The van der Waals surface area contributed by atoms with Crippen LogP contribution in [0.1, 0.15) is 12.8 Å². The van der Waals surface area contributed by atoms with Gasteiger partial charge in [-0.3, -0.25) is 9.78 Å². The number of aromatic nitrogens is 2. The second kappa shape index (κ2) is 4.62. The lowest BCUT2D eigenvalue weighted by Crippen LogP contribution is -2.44. The highest BCUT2D eigenvalue weighted by atomic mass is 19.1. The lowest BCUT2D eigenvalue weighted by Gasteiger charge is -2.31. The molecule has 2 aromatic rings. The Labute approximate surface area is 109 Å². The Kier molecular flexibility index (Phi) is 2.94. The number of rotatable bonds is 1. The van der Waals surface area contributed by atoms with Crippen LogP contribution in [0, 0.1) is 5.82 Å². The summed E-state index contributed by atoms with van der Waals surface area (Å²) >= 11 is 0. The second-order valence-corrected chi connectivity index (χ2v) is 4.90. The lowest BCUT2D eigenvalue weighted by molar-refractivity contribution is 0.500. The molecule has 100 valence electrons. The molecule has 0 saturated carbocycles. The van der Waals surface area contributed by atoms with Crippen LogP contribution in [0.25, 0.3) is 10.9 Å². The fourth-order valence-electron chi connectivity index (χ4n) is 2.45. The number of hydrogen-bond donors (Lipinski definition) is 2. The topological polar surface area (TPSA) is 75.0 Å². The van der Waals surface area contributed by atoms with E-state index in [1.165, 1.54) is 18.2 Å². The van der Waals surface area contributed by atoms with Crippen molar-refractivity contribution < 1.29 is 4.39 Å². The molecule has 1 aliphatic rings. The van der Waals surface area contributed by atoms with Crippen LogP contribution in [0.5, 0.6) is 0 Å². The van der Waals surface area contributed by atoms with E-state index in [9.17, 15) is 9.18 Å². The first-order valence-electron chi connectivity index (χ1n) is 6.33. The van der Waals surface area contributed by atoms with Crippen molar-refractivity contribution in [3.63, 3.8) is 0 Å². The van der Waals surface area contributed by atoms with E-state index in [0.717, 1.165) is 19.4 Å². The summed E-state index contributed by atoms with van der Waals surface area (Å²) in [6.07, 6.45) is 1.96. The predicted molar refractivity (Wildman–Crippen MR) is 71.7 cm³/mol. The minimum Gasteiger partial charge on any atom is -0.341 e. The van der Waals surface area contributed by atoms with Gasteiger partial charge < -0.3 is 10.6 Å². The summed E-state index contributed by atoms with van der Waals surface area (Å²) in [4.78, 5) is 21.0. The highest BCUT2D eigenvalue weighted by Crippen LogP contribution is 2.17. The molecule has 19 heavy (non-hydrogen) atoms. The molecule has 0 amide bonds. The van der Waals surface area contributed by atoms with Crippen molar-refractivity contribution in [1.29, 1.82) is 0 Å². The van der Waals surface area contributed by atoms with Crippen molar-refractivity contribution in [3.05, 3.63) is 34.4 Å². The maximum atomic E-state index is 13.1. The molecule has 2 heterocycles. The zero-order valence-electron chi connectivity index (χ0n) is 10.4. The normalized spacial score (nSPS) is 19.9. The number of halogens is 1. The Morgan fingerprint density at radius 1 is 1.47 bits per heavy atom. The Balaban J connectivity index is 2.06. The molecule has 0 spiro atoms. The smallest absolute Gasteiger partial charge is 0.260 e. The van der Waals surface area contributed by atoms with Gasteiger partial charge in [-0.15, -0.1) is 0 Å². The molecule has 0 bridgehead atoms. The third kappa shape index (κ3) is 2.31. The van der Waals surface area contributed by atoms with Gasteiger partial charge in [-0.2, -0.15) is 0 Å². The highest BCUT2D eigenvalue weighted by Gasteiger charge is 2.19. The molecular weight excluding hydrogens is 247 g/mol. The molecule has 5 nitrogen and oxygen atoms in total. The molecule has 1 atom stereocenters. The van der Waals surface area contributed by atoms with Crippen molar-refractivity contribution in [2.24, 2.45) is 5.73 Å². The van der Waals surface area contributed by atoms with Crippen LogP contribution in [0.4, 0.5) is 10.3 Å². The first kappa shape index (κ1) is 12.1. The quantitative estimate of drug-likeness (QED) is 0.803. The van der Waals surface area contributed by atoms with E-state index < -0.39 is 5.82 Å². The zero-order chi connectivity index (χ0) is 13.4. The van der Waals surface area contributed by atoms with Gasteiger partial charge in [0.1, 0.15) is 5.82 Å². The first-order valence-corrected chi connectivity index (χ1v) is 6.33. The molecule has 1 unspecified atom stereocenters. The number of nitrogens with one attached hydrogen (secondary N) is 1. The number of fused-ring (bicyclic) bond motifs is 1. The van der Waals surface area contributed by atoms with E-state index in [1.54, 1.807) is 0 Å². The van der Waals surface area contributed by atoms with Crippen LogP contribution < -0.4 is 16.2 Å². The second-order valence-electron chi connectivity index (χ2n) is 4.90. The standard InChI is InChI=1S/C13H15FN4O/c14-8-3-4-11-10(6-8)12(19)17-13(16-11)18-5-1-2-9(15)7-18/h3-4,6,9H,1-2,5,7,15H2,(H,16,17,19). The average Bonchev–Trinajstić information content (AvgIpc) is 2.39. The van der Waals surface area contributed by atoms with Crippen LogP contribution in [0.15, 0.2) is 23.0 Å². The molecule has 0 aliphatic carbocycles. The van der Waals surface area contributed by atoms with Gasteiger partial charge in [0.15, 0.2) is 0 Å². The molecule has 1 aliphatic heterocycles. The molecule has 1 fully saturated rings. The fourth-order valence-corrected chi connectivity index (χ4v) is 2.45. The summed E-state index contributed by atoms with van der Waals surface area (Å²) in [6, 6.07) is 4.13. The van der Waals surface area contributed by atoms with Gasteiger partial charge >= 0.3 is 0 Å². The van der Waals surface area contributed by atoms with Crippen molar-refractivity contribution >= 4 is 16.9 Å². The first-order chi connectivity index (χ1) is 9.13. The zero-order valence-corrected chi connectivity index (χ0v) is 10.4. The van der Waals surface area contributed by atoms with E-state index in [-0.39, 0.29) is 17.0 Å². The molecule has 0 radical (unpaired) electrons. The number of piperidine rings is 1. The van der Waals surface area contributed by atoms with E-state index in [1.807, 2.05) is 4.90 Å². The van der Waals surface area contributed by atoms with Crippen molar-refractivity contribution in [1.82, 2.24) is 9.97 Å². The minimum absolute atomic E-state index is 0.1000. The van der Waals surface area contributed by atoms with Gasteiger partial charge in [0.05, 0.1) is 10.9 Å². The molecule has 6 heteroatoms. The van der Waals surface area contributed by atoms with Crippen LogP contribution >= 0.6 is 0 Å². The van der Waals surface area contributed by atoms with Crippen molar-refractivity contribution in [2.75, 3.05) is 18.0 Å². The Hall–Kier alpha value is -1.95.